The fraction of sp³-hybridized carbons (Fsp3) is 0.579. The first-order valence-electron chi connectivity index (χ1n) is 8.72. The minimum atomic E-state index is -0.595. The van der Waals surface area contributed by atoms with Gasteiger partial charge in [-0.2, -0.15) is 0 Å². The fourth-order valence-electron chi connectivity index (χ4n) is 3.81. The van der Waals surface area contributed by atoms with Crippen molar-refractivity contribution in [1.29, 1.82) is 0 Å². The van der Waals surface area contributed by atoms with Gasteiger partial charge in [0.15, 0.2) is 0 Å². The Bertz CT molecular complexity index is 698. The number of ether oxygens (including phenoxy) is 1. The highest BCUT2D eigenvalue weighted by molar-refractivity contribution is 5.80. The molecule has 5 nitrogen and oxygen atoms in total. The van der Waals surface area contributed by atoms with Gasteiger partial charge in [0, 0.05) is 19.5 Å². The average molecular weight is 348 g/mol. The van der Waals surface area contributed by atoms with Gasteiger partial charge < -0.3 is 9.64 Å². The van der Waals surface area contributed by atoms with Crippen molar-refractivity contribution < 1.29 is 18.7 Å². The minimum Gasteiger partial charge on any atom is -0.444 e. The van der Waals surface area contributed by atoms with Crippen LogP contribution in [-0.4, -0.2) is 46.5 Å². The van der Waals surface area contributed by atoms with E-state index in [-0.39, 0.29) is 29.9 Å². The van der Waals surface area contributed by atoms with Crippen molar-refractivity contribution in [2.75, 3.05) is 13.1 Å². The Labute approximate surface area is 147 Å². The smallest absolute Gasteiger partial charge is 0.410 e. The molecule has 2 heterocycles. The van der Waals surface area contributed by atoms with E-state index < -0.39 is 5.60 Å². The van der Waals surface area contributed by atoms with Crippen molar-refractivity contribution in [2.45, 2.75) is 58.2 Å². The molecule has 0 N–H and O–H groups in total. The van der Waals surface area contributed by atoms with Crippen LogP contribution in [-0.2, 0) is 9.53 Å². The van der Waals surface area contributed by atoms with E-state index in [1.807, 2.05) is 32.6 Å². The van der Waals surface area contributed by atoms with Crippen LogP contribution >= 0.6 is 0 Å². The molecule has 2 aliphatic rings. The van der Waals surface area contributed by atoms with Gasteiger partial charge in [0.1, 0.15) is 11.4 Å². The molecule has 0 radical (unpaired) electrons. The molecule has 3 rings (SSSR count). The molecule has 136 valence electrons. The van der Waals surface area contributed by atoms with Crippen LogP contribution in [0.25, 0.3) is 0 Å². The van der Waals surface area contributed by atoms with E-state index in [9.17, 15) is 14.0 Å². The lowest BCUT2D eigenvalue weighted by Gasteiger charge is -2.45. The molecule has 2 aliphatic heterocycles. The molecule has 1 aromatic carbocycles. The molecule has 2 atom stereocenters. The van der Waals surface area contributed by atoms with Crippen LogP contribution < -0.4 is 0 Å². The third kappa shape index (κ3) is 3.48. The van der Waals surface area contributed by atoms with E-state index in [1.165, 1.54) is 12.1 Å². The van der Waals surface area contributed by atoms with E-state index >= 15 is 0 Å². The summed E-state index contributed by atoms with van der Waals surface area (Å²) in [4.78, 5) is 28.5. The zero-order chi connectivity index (χ0) is 18.4. The Morgan fingerprint density at radius 3 is 2.64 bits per heavy atom. The Kier molecular flexibility index (Phi) is 4.47. The number of aryl methyl sites for hydroxylation is 1. The van der Waals surface area contributed by atoms with Crippen molar-refractivity contribution in [3.63, 3.8) is 0 Å². The van der Waals surface area contributed by atoms with Gasteiger partial charge in [0.25, 0.3) is 0 Å². The standard InChI is InChI=1S/C19H25FN2O3/c1-12-11-13(20)5-6-14(12)17-15-7-8-16(23)21(15)9-10-22(17)18(24)25-19(2,3)4/h5-6,11,15,17H,7-10H2,1-4H3. The van der Waals surface area contributed by atoms with Gasteiger partial charge in [0.2, 0.25) is 5.91 Å². The summed E-state index contributed by atoms with van der Waals surface area (Å²) in [6.45, 7) is 8.26. The van der Waals surface area contributed by atoms with Gasteiger partial charge in [-0.05, 0) is 57.4 Å². The zero-order valence-electron chi connectivity index (χ0n) is 15.2. The molecule has 0 spiro atoms. The number of benzene rings is 1. The highest BCUT2D eigenvalue weighted by Gasteiger charge is 2.46. The molecule has 2 saturated heterocycles. The summed E-state index contributed by atoms with van der Waals surface area (Å²) in [5.74, 6) is -0.182. The maximum atomic E-state index is 13.6. The van der Waals surface area contributed by atoms with Crippen molar-refractivity contribution in [1.82, 2.24) is 9.80 Å². The predicted molar refractivity (Wildman–Crippen MR) is 91.6 cm³/mol. The van der Waals surface area contributed by atoms with Crippen molar-refractivity contribution >= 4 is 12.0 Å². The van der Waals surface area contributed by atoms with Crippen LogP contribution in [0.2, 0.25) is 0 Å². The third-order valence-electron chi connectivity index (χ3n) is 4.84. The SMILES string of the molecule is Cc1cc(F)ccc1C1C2CCC(=O)N2CCN1C(=O)OC(C)(C)C. The minimum absolute atomic E-state index is 0.0853. The second-order valence-electron chi connectivity index (χ2n) is 7.81. The fourth-order valence-corrected chi connectivity index (χ4v) is 3.81. The number of rotatable bonds is 1. The summed E-state index contributed by atoms with van der Waals surface area (Å²) >= 11 is 0. The van der Waals surface area contributed by atoms with Crippen LogP contribution in [0.3, 0.4) is 0 Å². The highest BCUT2D eigenvalue weighted by atomic mass is 19.1. The summed E-state index contributed by atoms with van der Waals surface area (Å²) in [6, 6.07) is 4.21. The predicted octanol–water partition coefficient (Wildman–Crippen LogP) is 3.42. The summed E-state index contributed by atoms with van der Waals surface area (Å²) < 4.78 is 19.1. The summed E-state index contributed by atoms with van der Waals surface area (Å²) in [6.07, 6.45) is 0.795. The van der Waals surface area contributed by atoms with Crippen LogP contribution in [0.15, 0.2) is 18.2 Å². The molecule has 1 aromatic rings. The number of hydrogen-bond donors (Lipinski definition) is 0. The molecule has 6 heteroatoms. The number of amides is 2. The lowest BCUT2D eigenvalue weighted by atomic mass is 9.91. The van der Waals surface area contributed by atoms with E-state index in [0.29, 0.717) is 25.9 Å². The number of fused-ring (bicyclic) bond motifs is 1. The number of carbonyl (C=O) groups excluding carboxylic acids is 2. The second kappa shape index (κ2) is 6.32. The van der Waals surface area contributed by atoms with Crippen LogP contribution in [0.4, 0.5) is 9.18 Å². The Morgan fingerprint density at radius 2 is 2.00 bits per heavy atom. The van der Waals surface area contributed by atoms with E-state index in [1.54, 1.807) is 11.0 Å². The number of nitrogens with zero attached hydrogens (tertiary/aromatic N) is 2. The van der Waals surface area contributed by atoms with E-state index in [4.69, 9.17) is 4.74 Å². The van der Waals surface area contributed by atoms with Gasteiger partial charge >= 0.3 is 6.09 Å². The first-order chi connectivity index (χ1) is 11.7. The highest BCUT2D eigenvalue weighted by Crippen LogP contribution is 2.39. The van der Waals surface area contributed by atoms with Gasteiger partial charge in [0.05, 0.1) is 12.1 Å². The van der Waals surface area contributed by atoms with Crippen LogP contribution in [0.1, 0.15) is 50.8 Å². The Morgan fingerprint density at radius 1 is 1.28 bits per heavy atom. The molecule has 25 heavy (non-hydrogen) atoms. The van der Waals surface area contributed by atoms with Gasteiger partial charge in [-0.15, -0.1) is 0 Å². The topological polar surface area (TPSA) is 49.9 Å². The Balaban J connectivity index is 1.99. The maximum absolute atomic E-state index is 13.6. The zero-order valence-corrected chi connectivity index (χ0v) is 15.2. The molecule has 2 amide bonds. The first kappa shape index (κ1) is 17.7. The molecule has 2 fully saturated rings. The molecular weight excluding hydrogens is 323 g/mol. The molecule has 0 saturated carbocycles. The summed E-state index contributed by atoms with van der Waals surface area (Å²) in [5, 5.41) is 0. The summed E-state index contributed by atoms with van der Waals surface area (Å²) in [7, 11) is 0. The average Bonchev–Trinajstić information content (AvgIpc) is 2.87. The summed E-state index contributed by atoms with van der Waals surface area (Å²) in [5.41, 5.74) is 1.05. The van der Waals surface area contributed by atoms with Crippen molar-refractivity contribution in [2.24, 2.45) is 0 Å². The number of hydrogen-bond acceptors (Lipinski definition) is 3. The van der Waals surface area contributed by atoms with Crippen LogP contribution in [0.5, 0.6) is 0 Å². The van der Waals surface area contributed by atoms with Crippen molar-refractivity contribution in [3.8, 4) is 0 Å². The number of halogens is 1. The normalized spacial score (nSPS) is 23.6. The quantitative estimate of drug-likeness (QED) is 0.781. The molecule has 0 aromatic heterocycles. The third-order valence-corrected chi connectivity index (χ3v) is 4.84. The maximum Gasteiger partial charge on any atom is 0.410 e. The number of piperazine rings is 1. The van der Waals surface area contributed by atoms with Crippen LogP contribution in [0, 0.1) is 12.7 Å². The second-order valence-corrected chi connectivity index (χ2v) is 7.81. The van der Waals surface area contributed by atoms with E-state index in [2.05, 4.69) is 0 Å². The van der Waals surface area contributed by atoms with E-state index in [0.717, 1.165) is 11.1 Å². The van der Waals surface area contributed by atoms with Crippen molar-refractivity contribution in [3.05, 3.63) is 35.1 Å². The monoisotopic (exact) mass is 348 g/mol. The van der Waals surface area contributed by atoms with Gasteiger partial charge in [-0.3, -0.25) is 9.69 Å². The lowest BCUT2D eigenvalue weighted by molar-refractivity contribution is -0.132. The Hall–Kier alpha value is -2.11. The first-order valence-corrected chi connectivity index (χ1v) is 8.72. The van der Waals surface area contributed by atoms with Gasteiger partial charge in [-0.25, -0.2) is 9.18 Å². The molecule has 0 aliphatic carbocycles. The largest absolute Gasteiger partial charge is 0.444 e. The molecular formula is C19H25FN2O3. The molecule has 2 unspecified atom stereocenters. The lowest BCUT2D eigenvalue weighted by Crippen LogP contribution is -2.56. The van der Waals surface area contributed by atoms with Gasteiger partial charge in [-0.1, -0.05) is 6.07 Å². The number of carbonyl (C=O) groups is 2. The molecule has 0 bridgehead atoms.